The van der Waals surface area contributed by atoms with Gasteiger partial charge in [0.15, 0.2) is 0 Å². The van der Waals surface area contributed by atoms with Gasteiger partial charge in [-0.3, -0.25) is 19.2 Å². The molecule has 2 aromatic rings. The van der Waals surface area contributed by atoms with Crippen molar-refractivity contribution in [1.82, 2.24) is 5.43 Å². The molecule has 0 spiro atoms. The Morgan fingerprint density at radius 2 is 1.94 bits per heavy atom. The summed E-state index contributed by atoms with van der Waals surface area (Å²) in [5.74, 6) is 0.422. The Hall–Kier alpha value is -3.47. The van der Waals surface area contributed by atoms with Crippen LogP contribution in [0.15, 0.2) is 53.6 Å². The van der Waals surface area contributed by atoms with E-state index in [0.717, 1.165) is 22.4 Å². The van der Waals surface area contributed by atoms with Crippen molar-refractivity contribution < 1.29 is 22.9 Å². The molecule has 2 rings (SSSR count). The van der Waals surface area contributed by atoms with Crippen LogP contribution in [0.4, 0.5) is 11.4 Å². The van der Waals surface area contributed by atoms with E-state index in [1.54, 1.807) is 24.3 Å². The van der Waals surface area contributed by atoms with Gasteiger partial charge in [0.25, 0.3) is 11.6 Å². The average molecular weight is 449 g/mol. The molecule has 0 aliphatic rings. The third-order valence-corrected chi connectivity index (χ3v) is 5.02. The van der Waals surface area contributed by atoms with Gasteiger partial charge in [-0.15, -0.1) is 0 Å². The highest BCUT2D eigenvalue weighted by Gasteiger charge is 2.22. The fourth-order valence-electron chi connectivity index (χ4n) is 2.42. The van der Waals surface area contributed by atoms with Crippen molar-refractivity contribution in [2.24, 2.45) is 11.0 Å². The van der Waals surface area contributed by atoms with E-state index in [2.05, 4.69) is 10.5 Å². The summed E-state index contributed by atoms with van der Waals surface area (Å²) < 4.78 is 30.6. The molecule has 11 heteroatoms. The average Bonchev–Trinajstić information content (AvgIpc) is 2.70. The van der Waals surface area contributed by atoms with Crippen LogP contribution in [0.5, 0.6) is 5.75 Å². The minimum Gasteiger partial charge on any atom is -0.493 e. The molecule has 1 amide bonds. The maximum Gasteiger partial charge on any atom is 0.271 e. The lowest BCUT2D eigenvalue weighted by Gasteiger charge is -2.21. The standard InChI is InChI=1S/C20H24N4O6S/c1-15(2)14-30-19-9-7-16(8-10-19)12-21-22-20(25)13-23(31(3,28)29)17-5-4-6-18(11-17)24(26)27/h4-12,15H,13-14H2,1-3H3,(H,22,25)/b21-12-. The zero-order valence-corrected chi connectivity index (χ0v) is 18.2. The molecule has 0 saturated heterocycles. The Morgan fingerprint density at radius 1 is 1.26 bits per heavy atom. The number of hydrogen-bond acceptors (Lipinski definition) is 7. The van der Waals surface area contributed by atoms with Crippen LogP contribution < -0.4 is 14.5 Å². The van der Waals surface area contributed by atoms with Crippen LogP contribution in [0, 0.1) is 16.0 Å². The zero-order chi connectivity index (χ0) is 23.0. The fourth-order valence-corrected chi connectivity index (χ4v) is 3.27. The van der Waals surface area contributed by atoms with Gasteiger partial charge in [0.05, 0.1) is 29.7 Å². The number of nitrogens with zero attached hydrogens (tertiary/aromatic N) is 3. The van der Waals surface area contributed by atoms with Gasteiger partial charge in [0, 0.05) is 12.1 Å². The van der Waals surface area contributed by atoms with Crippen LogP contribution in [0.2, 0.25) is 0 Å². The summed E-state index contributed by atoms with van der Waals surface area (Å²) in [6.45, 7) is 4.12. The second-order valence-electron chi connectivity index (χ2n) is 7.11. The summed E-state index contributed by atoms with van der Waals surface area (Å²) in [6, 6.07) is 12.1. The van der Waals surface area contributed by atoms with E-state index in [4.69, 9.17) is 4.74 Å². The van der Waals surface area contributed by atoms with Gasteiger partial charge in [-0.2, -0.15) is 5.10 Å². The SMILES string of the molecule is CC(C)COc1ccc(/C=N\NC(=O)CN(c2cccc([N+](=O)[O-])c2)S(C)(=O)=O)cc1. The topological polar surface area (TPSA) is 131 Å². The molecular weight excluding hydrogens is 424 g/mol. The zero-order valence-electron chi connectivity index (χ0n) is 17.4. The van der Waals surface area contributed by atoms with Gasteiger partial charge in [0.1, 0.15) is 12.3 Å². The number of nitrogens with one attached hydrogen (secondary N) is 1. The summed E-state index contributed by atoms with van der Waals surface area (Å²) in [4.78, 5) is 22.5. The van der Waals surface area contributed by atoms with Crippen LogP contribution in [-0.4, -0.2) is 44.9 Å². The predicted octanol–water partition coefficient (Wildman–Crippen LogP) is 2.55. The highest BCUT2D eigenvalue weighted by Crippen LogP contribution is 2.22. The van der Waals surface area contributed by atoms with Crippen LogP contribution >= 0.6 is 0 Å². The molecule has 0 bridgehead atoms. The van der Waals surface area contributed by atoms with E-state index < -0.39 is 27.4 Å². The molecule has 1 N–H and O–H groups in total. The molecule has 2 aromatic carbocycles. The first-order valence-corrected chi connectivity index (χ1v) is 11.2. The summed E-state index contributed by atoms with van der Waals surface area (Å²) in [6.07, 6.45) is 2.31. The number of rotatable bonds is 10. The lowest BCUT2D eigenvalue weighted by molar-refractivity contribution is -0.384. The van der Waals surface area contributed by atoms with Gasteiger partial charge >= 0.3 is 0 Å². The fraction of sp³-hybridized carbons (Fsp3) is 0.300. The van der Waals surface area contributed by atoms with Gasteiger partial charge in [-0.05, 0) is 41.8 Å². The smallest absolute Gasteiger partial charge is 0.271 e. The normalized spacial score (nSPS) is 11.5. The third-order valence-electron chi connectivity index (χ3n) is 3.88. The van der Waals surface area contributed by atoms with E-state index >= 15 is 0 Å². The van der Waals surface area contributed by atoms with Crippen molar-refractivity contribution >= 4 is 33.5 Å². The van der Waals surface area contributed by atoms with E-state index in [-0.39, 0.29) is 11.4 Å². The Balaban J connectivity index is 2.02. The lowest BCUT2D eigenvalue weighted by atomic mass is 10.2. The number of nitro benzene ring substituents is 1. The van der Waals surface area contributed by atoms with Crippen LogP contribution in [0.3, 0.4) is 0 Å². The maximum absolute atomic E-state index is 12.2. The monoisotopic (exact) mass is 448 g/mol. The Labute approximate surface area is 180 Å². The number of anilines is 1. The number of non-ortho nitro benzene ring substituents is 1. The van der Waals surface area contributed by atoms with Crippen molar-refractivity contribution in [3.05, 3.63) is 64.2 Å². The Bertz CT molecular complexity index is 1050. The summed E-state index contributed by atoms with van der Waals surface area (Å²) in [5, 5.41) is 14.8. The molecule has 31 heavy (non-hydrogen) atoms. The predicted molar refractivity (Wildman–Crippen MR) is 118 cm³/mol. The van der Waals surface area contributed by atoms with Gasteiger partial charge in [-0.25, -0.2) is 13.8 Å². The first-order chi connectivity index (χ1) is 14.6. The third kappa shape index (κ3) is 7.70. The largest absolute Gasteiger partial charge is 0.493 e. The minimum atomic E-state index is -3.87. The van der Waals surface area contributed by atoms with E-state index in [9.17, 15) is 23.3 Å². The molecule has 0 saturated carbocycles. The molecule has 166 valence electrons. The maximum atomic E-state index is 12.2. The van der Waals surface area contributed by atoms with Crippen molar-refractivity contribution in [3.63, 3.8) is 0 Å². The number of hydrogen-bond donors (Lipinski definition) is 1. The Kier molecular flexibility index (Phi) is 8.08. The molecule has 10 nitrogen and oxygen atoms in total. The van der Waals surface area contributed by atoms with Crippen LogP contribution in [0.1, 0.15) is 19.4 Å². The minimum absolute atomic E-state index is 0.00724. The van der Waals surface area contributed by atoms with Crippen molar-refractivity contribution in [2.75, 3.05) is 23.7 Å². The summed E-state index contributed by atoms with van der Waals surface area (Å²) >= 11 is 0. The quantitative estimate of drug-likeness (QED) is 0.338. The summed E-state index contributed by atoms with van der Waals surface area (Å²) in [7, 11) is -3.87. The van der Waals surface area contributed by atoms with Crippen LogP contribution in [0.25, 0.3) is 0 Å². The number of carbonyl (C=O) groups is 1. The van der Waals surface area contributed by atoms with Crippen LogP contribution in [-0.2, 0) is 14.8 Å². The molecule has 0 aromatic heterocycles. The molecule has 0 aliphatic heterocycles. The summed E-state index contributed by atoms with van der Waals surface area (Å²) in [5.41, 5.74) is 2.68. The molecule has 0 fully saturated rings. The highest BCUT2D eigenvalue weighted by atomic mass is 32.2. The number of benzene rings is 2. The molecular formula is C20H24N4O6S. The molecule has 0 radical (unpaired) electrons. The van der Waals surface area contributed by atoms with Crippen molar-refractivity contribution in [3.8, 4) is 5.75 Å². The number of nitro groups is 1. The van der Waals surface area contributed by atoms with E-state index in [1.807, 2.05) is 13.8 Å². The number of ether oxygens (including phenoxy) is 1. The molecule has 0 aliphatic carbocycles. The Morgan fingerprint density at radius 3 is 2.52 bits per heavy atom. The van der Waals surface area contributed by atoms with Gasteiger partial charge in [-0.1, -0.05) is 19.9 Å². The van der Waals surface area contributed by atoms with Crippen molar-refractivity contribution in [1.29, 1.82) is 0 Å². The highest BCUT2D eigenvalue weighted by molar-refractivity contribution is 7.92. The van der Waals surface area contributed by atoms with Gasteiger partial charge in [0.2, 0.25) is 10.0 Å². The number of carbonyl (C=O) groups excluding carboxylic acids is 1. The number of amides is 1. The molecule has 0 heterocycles. The molecule has 0 unspecified atom stereocenters. The van der Waals surface area contributed by atoms with E-state index in [0.29, 0.717) is 18.1 Å². The first-order valence-electron chi connectivity index (χ1n) is 9.33. The second kappa shape index (κ2) is 10.5. The number of sulfonamides is 1. The number of hydrazone groups is 1. The van der Waals surface area contributed by atoms with Crippen molar-refractivity contribution in [2.45, 2.75) is 13.8 Å². The first kappa shape index (κ1) is 23.8. The molecule has 0 atom stereocenters. The second-order valence-corrected chi connectivity index (χ2v) is 9.02. The van der Waals surface area contributed by atoms with Gasteiger partial charge < -0.3 is 4.74 Å². The lowest BCUT2D eigenvalue weighted by Crippen LogP contribution is -2.39. The van der Waals surface area contributed by atoms with E-state index in [1.165, 1.54) is 24.4 Å².